The Bertz CT molecular complexity index is 687. The summed E-state index contributed by atoms with van der Waals surface area (Å²) in [4.78, 5) is 15.9. The van der Waals surface area contributed by atoms with Crippen molar-refractivity contribution in [1.82, 2.24) is 19.2 Å². The van der Waals surface area contributed by atoms with Crippen LogP contribution in [0.2, 0.25) is 0 Å². The van der Waals surface area contributed by atoms with Crippen LogP contribution in [0.5, 0.6) is 0 Å². The quantitative estimate of drug-likeness (QED) is 0.803. The molecule has 6 nitrogen and oxygen atoms in total. The number of fused-ring (bicyclic) bond motifs is 1. The Morgan fingerprint density at radius 1 is 1.53 bits per heavy atom. The molecule has 0 saturated heterocycles. The summed E-state index contributed by atoms with van der Waals surface area (Å²) in [5, 5.41) is 4.12. The van der Waals surface area contributed by atoms with E-state index in [0.29, 0.717) is 23.7 Å². The minimum atomic E-state index is -0.119. The maximum absolute atomic E-state index is 12.0. The van der Waals surface area contributed by atoms with Gasteiger partial charge in [0.1, 0.15) is 17.2 Å². The van der Waals surface area contributed by atoms with E-state index < -0.39 is 0 Å². The van der Waals surface area contributed by atoms with Crippen molar-refractivity contribution in [2.45, 2.75) is 26.8 Å². The van der Waals surface area contributed by atoms with E-state index in [-0.39, 0.29) is 10.3 Å². The predicted octanol–water partition coefficient (Wildman–Crippen LogP) is 0.921. The Kier molecular flexibility index (Phi) is 2.93. The summed E-state index contributed by atoms with van der Waals surface area (Å²) in [6.07, 6.45) is 0.841. The number of rotatable bonds is 2. The monoisotopic (exact) mass is 251 g/mol. The molecule has 0 aliphatic carbocycles. The molecule has 2 heterocycles. The first-order chi connectivity index (χ1) is 8.04. The van der Waals surface area contributed by atoms with Crippen LogP contribution in [0.3, 0.4) is 0 Å². The smallest absolute Gasteiger partial charge is 0.275 e. The van der Waals surface area contributed by atoms with Gasteiger partial charge in [0.2, 0.25) is 4.77 Å². The van der Waals surface area contributed by atoms with Crippen molar-refractivity contribution in [2.24, 2.45) is 0 Å². The van der Waals surface area contributed by atoms with E-state index in [1.807, 2.05) is 6.92 Å². The number of nitrogens with zero attached hydrogens (tertiary/aromatic N) is 4. The molecule has 0 atom stereocenters. The molecule has 7 heteroatoms. The summed E-state index contributed by atoms with van der Waals surface area (Å²) in [5.74, 6) is 0.296. The van der Waals surface area contributed by atoms with Crippen molar-refractivity contribution >= 4 is 23.7 Å². The van der Waals surface area contributed by atoms with Gasteiger partial charge in [-0.3, -0.25) is 9.36 Å². The second-order valence-electron chi connectivity index (χ2n) is 3.78. The van der Waals surface area contributed by atoms with Gasteiger partial charge in [-0.15, -0.1) is 0 Å². The molecule has 0 fully saturated rings. The van der Waals surface area contributed by atoms with Crippen LogP contribution >= 0.6 is 12.2 Å². The van der Waals surface area contributed by atoms with E-state index in [0.717, 1.165) is 6.42 Å². The standard InChI is InChI=1S/C10H13N5OS/c1-3-4-14-8-5-7(11)12-10(17)15(8)13-6(2)9(14)16/h5H,3-4H2,1-2H3,(H2,11,12,17). The average Bonchev–Trinajstić information content (AvgIpc) is 2.26. The summed E-state index contributed by atoms with van der Waals surface area (Å²) < 4.78 is 3.35. The van der Waals surface area contributed by atoms with E-state index in [1.54, 1.807) is 17.6 Å². The lowest BCUT2D eigenvalue weighted by molar-refractivity contribution is 0.628. The topological polar surface area (TPSA) is 78.2 Å². The molecule has 0 bridgehead atoms. The van der Waals surface area contributed by atoms with Crippen LogP contribution < -0.4 is 11.3 Å². The van der Waals surface area contributed by atoms with Gasteiger partial charge < -0.3 is 5.73 Å². The molecule has 2 aromatic heterocycles. The molecule has 0 saturated carbocycles. The van der Waals surface area contributed by atoms with E-state index in [4.69, 9.17) is 18.0 Å². The first kappa shape index (κ1) is 11.7. The maximum Gasteiger partial charge on any atom is 0.275 e. The Hall–Kier alpha value is -1.76. The minimum Gasteiger partial charge on any atom is -0.383 e. The molecule has 0 radical (unpaired) electrons. The molecule has 0 amide bonds. The third-order valence-corrected chi connectivity index (χ3v) is 2.69. The first-order valence-corrected chi connectivity index (χ1v) is 5.72. The van der Waals surface area contributed by atoms with Gasteiger partial charge in [-0.1, -0.05) is 6.92 Å². The first-order valence-electron chi connectivity index (χ1n) is 5.31. The number of hydrogen-bond acceptors (Lipinski definition) is 5. The van der Waals surface area contributed by atoms with Crippen LogP contribution in [0.15, 0.2) is 10.9 Å². The predicted molar refractivity (Wildman–Crippen MR) is 67.5 cm³/mol. The van der Waals surface area contributed by atoms with Crippen LogP contribution in [-0.2, 0) is 6.54 Å². The highest BCUT2D eigenvalue weighted by molar-refractivity contribution is 7.71. The van der Waals surface area contributed by atoms with Crippen LogP contribution in [0.4, 0.5) is 5.82 Å². The van der Waals surface area contributed by atoms with Gasteiger partial charge in [-0.2, -0.15) is 9.61 Å². The Balaban J connectivity index is 2.98. The van der Waals surface area contributed by atoms with E-state index in [1.165, 1.54) is 4.52 Å². The van der Waals surface area contributed by atoms with Crippen LogP contribution in [-0.4, -0.2) is 19.2 Å². The summed E-state index contributed by atoms with van der Waals surface area (Å²) in [6, 6.07) is 1.61. The zero-order chi connectivity index (χ0) is 12.6. The van der Waals surface area contributed by atoms with Gasteiger partial charge in [-0.25, -0.2) is 4.98 Å². The van der Waals surface area contributed by atoms with Gasteiger partial charge in [-0.05, 0) is 25.6 Å². The van der Waals surface area contributed by atoms with E-state index in [9.17, 15) is 4.79 Å². The summed E-state index contributed by atoms with van der Waals surface area (Å²) in [6.45, 7) is 4.26. The minimum absolute atomic E-state index is 0.119. The molecule has 90 valence electrons. The lowest BCUT2D eigenvalue weighted by atomic mass is 10.4. The number of nitrogens with two attached hydrogens (primary N) is 1. The molecule has 2 rings (SSSR count). The molecule has 0 aromatic carbocycles. The fourth-order valence-corrected chi connectivity index (χ4v) is 1.94. The van der Waals surface area contributed by atoms with Crippen molar-refractivity contribution < 1.29 is 0 Å². The normalized spacial score (nSPS) is 10.9. The Morgan fingerprint density at radius 2 is 2.24 bits per heavy atom. The molecular formula is C10H13N5OS. The highest BCUT2D eigenvalue weighted by Crippen LogP contribution is 2.06. The number of nitrogen functional groups attached to an aromatic ring is 1. The largest absolute Gasteiger partial charge is 0.383 e. The molecule has 0 unspecified atom stereocenters. The van der Waals surface area contributed by atoms with E-state index >= 15 is 0 Å². The summed E-state index contributed by atoms with van der Waals surface area (Å²) in [5.41, 5.74) is 6.51. The SMILES string of the molecule is CCCn1c(=O)c(C)nn2c(=S)nc(N)cc12. The molecule has 2 N–H and O–H groups in total. The Labute approximate surface area is 103 Å². The van der Waals surface area contributed by atoms with Crippen molar-refractivity contribution in [3.8, 4) is 0 Å². The fraction of sp³-hybridized carbons (Fsp3) is 0.400. The van der Waals surface area contributed by atoms with Gasteiger partial charge in [0.05, 0.1) is 0 Å². The van der Waals surface area contributed by atoms with Gasteiger partial charge in [0.15, 0.2) is 0 Å². The highest BCUT2D eigenvalue weighted by atomic mass is 32.1. The lowest BCUT2D eigenvalue weighted by Gasteiger charge is -2.10. The van der Waals surface area contributed by atoms with Gasteiger partial charge in [0, 0.05) is 12.6 Å². The van der Waals surface area contributed by atoms with Gasteiger partial charge in [0.25, 0.3) is 5.56 Å². The number of aryl methyl sites for hydroxylation is 2. The number of aromatic nitrogens is 4. The molecular weight excluding hydrogens is 238 g/mol. The molecule has 0 spiro atoms. The van der Waals surface area contributed by atoms with Crippen molar-refractivity contribution in [1.29, 1.82) is 0 Å². The number of anilines is 1. The Morgan fingerprint density at radius 3 is 2.88 bits per heavy atom. The lowest BCUT2D eigenvalue weighted by Crippen LogP contribution is -2.27. The number of hydrogen-bond donors (Lipinski definition) is 1. The summed E-state index contributed by atoms with van der Waals surface area (Å²) in [7, 11) is 0. The highest BCUT2D eigenvalue weighted by Gasteiger charge is 2.08. The molecule has 17 heavy (non-hydrogen) atoms. The van der Waals surface area contributed by atoms with Crippen LogP contribution in [0, 0.1) is 11.7 Å². The average molecular weight is 251 g/mol. The second-order valence-corrected chi connectivity index (χ2v) is 4.14. The molecule has 0 aliphatic heterocycles. The maximum atomic E-state index is 12.0. The van der Waals surface area contributed by atoms with Crippen LogP contribution in [0.1, 0.15) is 19.0 Å². The second kappa shape index (κ2) is 4.25. The van der Waals surface area contributed by atoms with Gasteiger partial charge >= 0.3 is 0 Å². The van der Waals surface area contributed by atoms with Crippen LogP contribution in [0.25, 0.3) is 5.65 Å². The zero-order valence-corrected chi connectivity index (χ0v) is 10.5. The fourth-order valence-electron chi connectivity index (χ4n) is 1.70. The third-order valence-electron chi connectivity index (χ3n) is 2.43. The molecule has 2 aromatic rings. The third kappa shape index (κ3) is 1.93. The zero-order valence-electron chi connectivity index (χ0n) is 9.67. The summed E-state index contributed by atoms with van der Waals surface area (Å²) >= 11 is 5.08. The van der Waals surface area contributed by atoms with E-state index in [2.05, 4.69) is 10.1 Å². The van der Waals surface area contributed by atoms with Crippen molar-refractivity contribution in [3.63, 3.8) is 0 Å². The van der Waals surface area contributed by atoms with Crippen molar-refractivity contribution in [2.75, 3.05) is 5.73 Å². The van der Waals surface area contributed by atoms with Crippen molar-refractivity contribution in [3.05, 3.63) is 26.9 Å². The molecule has 0 aliphatic rings.